The van der Waals surface area contributed by atoms with Crippen molar-refractivity contribution in [3.05, 3.63) is 99.6 Å². The smallest absolute Gasteiger partial charge is 0.335 e. The first-order valence-corrected chi connectivity index (χ1v) is 28.5. The van der Waals surface area contributed by atoms with Crippen molar-refractivity contribution in [1.82, 2.24) is 45.2 Å². The molecule has 23 nitrogen and oxygen atoms in total. The molecule has 8 amide bonds. The maximum Gasteiger partial charge on any atom is 0.335 e. The summed E-state index contributed by atoms with van der Waals surface area (Å²) in [6.07, 6.45) is 6.07. The lowest BCUT2D eigenvalue weighted by Gasteiger charge is -2.39. The molecule has 0 radical (unpaired) electrons. The Morgan fingerprint density at radius 3 is 2.25 bits per heavy atom. The number of carbonyl (C=O) groups excluding carboxylic acids is 8. The highest BCUT2D eigenvalue weighted by molar-refractivity contribution is 7.90. The zero-order valence-corrected chi connectivity index (χ0v) is 44.6. The first-order chi connectivity index (χ1) is 37.6. The number of imidazole rings is 1. The summed E-state index contributed by atoms with van der Waals surface area (Å²) in [7, 11) is -1.80. The van der Waals surface area contributed by atoms with E-state index in [0.29, 0.717) is 46.3 Å². The van der Waals surface area contributed by atoms with Crippen molar-refractivity contribution >= 4 is 85.0 Å². The number of benzene rings is 3. The molecule has 5 atom stereocenters. The average Bonchev–Trinajstić information content (AvgIpc) is 4.33. The zero-order chi connectivity index (χ0) is 56.4. The molecule has 79 heavy (non-hydrogen) atoms. The summed E-state index contributed by atoms with van der Waals surface area (Å²) in [6, 6.07) is 12.4. The number of amides is 8. The quantitative estimate of drug-likeness (QED) is 0.0657. The molecule has 3 aromatic carbocycles. The van der Waals surface area contributed by atoms with Crippen LogP contribution in [0.1, 0.15) is 115 Å². The van der Waals surface area contributed by atoms with Gasteiger partial charge in [-0.05, 0) is 136 Å². The van der Waals surface area contributed by atoms with Gasteiger partial charge in [-0.15, -0.1) is 0 Å². The second-order valence-corrected chi connectivity index (χ2v) is 23.4. The Labute approximate surface area is 453 Å². The number of nitrogens with two attached hydrogens (primary N) is 1. The summed E-state index contributed by atoms with van der Waals surface area (Å²) in [5.74, 6) is -5.23. The van der Waals surface area contributed by atoms with Gasteiger partial charge in [0.25, 0.3) is 5.91 Å². The molecule has 8 N–H and O–H groups in total. The molecule has 24 heteroatoms. The minimum atomic E-state index is -3.46. The molecule has 1 unspecified atom stereocenters. The number of carbonyl (C=O) groups is 9. The fourth-order valence-corrected chi connectivity index (χ4v) is 12.3. The van der Waals surface area contributed by atoms with Gasteiger partial charge in [-0.2, -0.15) is 0 Å². The molecule has 4 aliphatic rings. The Kier molecular flexibility index (Phi) is 16.2. The molecular formula is C55H64N10O13S. The predicted molar refractivity (Wildman–Crippen MR) is 285 cm³/mol. The number of hydrogen-bond acceptors (Lipinski definition) is 12. The summed E-state index contributed by atoms with van der Waals surface area (Å²) in [5, 5.41) is 20.6. The third-order valence-electron chi connectivity index (χ3n) is 16.0. The van der Waals surface area contributed by atoms with Gasteiger partial charge in [-0.25, -0.2) is 18.0 Å². The molecule has 3 aliphatic heterocycles. The summed E-state index contributed by atoms with van der Waals surface area (Å²) >= 11 is 0. The van der Waals surface area contributed by atoms with Gasteiger partial charge < -0.3 is 41.6 Å². The normalized spacial score (nSPS) is 22.1. The molecule has 4 fully saturated rings. The lowest BCUT2D eigenvalue weighted by atomic mass is 9.78. The largest absolute Gasteiger partial charge is 0.478 e. The monoisotopic (exact) mass is 1100 g/mol. The first kappa shape index (κ1) is 55.6. The predicted octanol–water partition coefficient (Wildman–Crippen LogP) is 2.10. The van der Waals surface area contributed by atoms with Crippen molar-refractivity contribution in [2.75, 3.05) is 19.3 Å². The third kappa shape index (κ3) is 12.4. The van der Waals surface area contributed by atoms with Gasteiger partial charge in [0.1, 0.15) is 29.9 Å². The number of fused-ring (bicyclic) bond motifs is 3. The number of carboxylic acid groups (broad SMARTS) is 1. The van der Waals surface area contributed by atoms with Gasteiger partial charge in [-0.3, -0.25) is 52.8 Å². The number of nitrogens with zero attached hydrogens (tertiary/aromatic N) is 4. The standard InChI is InChI=1S/C55H64N10O13S/c1-62-45-24-33(9-16-42(45)65(55(62)76)44-18-20-47(67)61-52(44)72)23-30-3-5-31(6-4-30)25-48(68)63-22-21-36-11-17-43(51(71)59-39(15-19-46(56)66)49(69)57-28-32-7-12-37(13-8-32)79(2,77)78)64(36)53(73)41(29-63)60-50(70)40-27-35-26-34(54(74)75)10-14-38(35)58-40/h7-10,12-14,16,24,26-27,30-31,36,39,41,43-44,58H,3-6,11,15,17-23,25,28-29H2,1-2H3,(H2,56,66)(H,57,69)(H,59,71)(H,60,70)(H,74,75)(H,61,67,72)/t30?,31?,36-,39+,41+,43+,44?/m1/s1. The van der Waals surface area contributed by atoms with E-state index >= 15 is 0 Å². The number of aryl methyl sites for hydroxylation is 1. The van der Waals surface area contributed by atoms with E-state index in [0.717, 1.165) is 43.9 Å². The number of primary amides is 1. The first-order valence-electron chi connectivity index (χ1n) is 26.6. The minimum absolute atomic E-state index is 0.00343. The van der Waals surface area contributed by atoms with Crippen LogP contribution in [-0.4, -0.2) is 134 Å². The van der Waals surface area contributed by atoms with Crippen molar-refractivity contribution in [2.45, 2.75) is 125 Å². The highest BCUT2D eigenvalue weighted by atomic mass is 32.2. The lowest BCUT2D eigenvalue weighted by Crippen LogP contribution is -2.62. The summed E-state index contributed by atoms with van der Waals surface area (Å²) < 4.78 is 26.9. The number of rotatable bonds is 17. The number of aromatic amines is 1. The number of aromatic nitrogens is 3. The maximum atomic E-state index is 15.0. The molecule has 3 saturated heterocycles. The van der Waals surface area contributed by atoms with Crippen LogP contribution >= 0.6 is 0 Å². The van der Waals surface area contributed by atoms with E-state index < -0.39 is 81.5 Å². The van der Waals surface area contributed by atoms with E-state index in [1.165, 1.54) is 62.6 Å². The van der Waals surface area contributed by atoms with Gasteiger partial charge >= 0.3 is 11.7 Å². The molecule has 5 aromatic rings. The van der Waals surface area contributed by atoms with Crippen LogP contribution in [0.4, 0.5) is 0 Å². The van der Waals surface area contributed by atoms with Crippen LogP contribution in [0.5, 0.6) is 0 Å². The van der Waals surface area contributed by atoms with Crippen molar-refractivity contribution in [1.29, 1.82) is 0 Å². The van der Waals surface area contributed by atoms with E-state index in [2.05, 4.69) is 26.3 Å². The molecule has 9 rings (SSSR count). The Hall–Kier alpha value is -8.15. The van der Waals surface area contributed by atoms with Crippen molar-refractivity contribution in [3.8, 4) is 0 Å². The van der Waals surface area contributed by atoms with Crippen LogP contribution < -0.4 is 32.7 Å². The van der Waals surface area contributed by atoms with Crippen LogP contribution in [-0.2, 0) is 63.4 Å². The van der Waals surface area contributed by atoms with Gasteiger partial charge in [0, 0.05) is 69.1 Å². The Morgan fingerprint density at radius 2 is 1.56 bits per heavy atom. The topological polar surface area (TPSA) is 331 Å². The third-order valence-corrected chi connectivity index (χ3v) is 17.2. The van der Waals surface area contributed by atoms with Gasteiger partial charge in [0.15, 0.2) is 9.84 Å². The maximum absolute atomic E-state index is 15.0. The highest BCUT2D eigenvalue weighted by Crippen LogP contribution is 2.35. The van der Waals surface area contributed by atoms with Crippen LogP contribution in [0.3, 0.4) is 0 Å². The van der Waals surface area contributed by atoms with E-state index in [1.54, 1.807) is 11.9 Å². The molecular weight excluding hydrogens is 1040 g/mol. The second kappa shape index (κ2) is 23.1. The van der Waals surface area contributed by atoms with Crippen LogP contribution in [0.15, 0.2) is 76.4 Å². The number of carboxylic acids is 1. The van der Waals surface area contributed by atoms with E-state index in [4.69, 9.17) is 5.73 Å². The highest BCUT2D eigenvalue weighted by Gasteiger charge is 2.46. The number of sulfone groups is 1. The molecule has 1 aliphatic carbocycles. The Balaban J connectivity index is 0.876. The van der Waals surface area contributed by atoms with Gasteiger partial charge in [-0.1, -0.05) is 18.2 Å². The van der Waals surface area contributed by atoms with Crippen LogP contribution in [0.2, 0.25) is 0 Å². The number of imide groups is 1. The summed E-state index contributed by atoms with van der Waals surface area (Å²) in [4.78, 5) is 139. The minimum Gasteiger partial charge on any atom is -0.478 e. The molecule has 2 aromatic heterocycles. The molecule has 418 valence electrons. The molecule has 1 saturated carbocycles. The molecule has 0 spiro atoms. The number of hydrogen-bond donors (Lipinski definition) is 7. The number of nitrogens with one attached hydrogen (secondary N) is 5. The van der Waals surface area contributed by atoms with Crippen LogP contribution in [0, 0.1) is 11.8 Å². The number of H-pyrrole nitrogens is 1. The van der Waals surface area contributed by atoms with Gasteiger partial charge in [0.2, 0.25) is 41.4 Å². The van der Waals surface area contributed by atoms with E-state index in [1.807, 2.05) is 18.2 Å². The average molecular weight is 1110 g/mol. The van der Waals surface area contributed by atoms with Crippen molar-refractivity contribution < 1.29 is 56.7 Å². The zero-order valence-electron chi connectivity index (χ0n) is 43.8. The van der Waals surface area contributed by atoms with E-state index in [-0.39, 0.29) is 97.7 Å². The number of aromatic carboxylic acids is 1. The fourth-order valence-electron chi connectivity index (χ4n) is 11.7. The van der Waals surface area contributed by atoms with E-state index in [9.17, 15) is 61.5 Å². The molecule has 0 bridgehead atoms. The SMILES string of the molecule is Cn1c(=O)n(C2CCC(=O)NC2=O)c2ccc(CC3CCC(CC(=O)N4CC[C@H]5CC[C@@H](C(=O)N[C@@H](CCC(N)=O)C(=O)NCc6ccc(S(C)(=O)=O)cc6)N5C(=O)[C@@H](NC(=O)c5cc6cc(C(=O)O)ccc6[nH]5)C4)CC3)cc21. The molecule has 5 heterocycles. The number of piperidine rings is 1. The van der Waals surface area contributed by atoms with Gasteiger partial charge in [0.05, 0.1) is 21.5 Å². The van der Waals surface area contributed by atoms with Crippen molar-refractivity contribution in [2.24, 2.45) is 24.6 Å². The Morgan fingerprint density at radius 1 is 0.835 bits per heavy atom. The van der Waals surface area contributed by atoms with Crippen LogP contribution in [0.25, 0.3) is 21.9 Å². The van der Waals surface area contributed by atoms with Crippen molar-refractivity contribution in [3.63, 3.8) is 0 Å². The Bertz CT molecular complexity index is 3450. The second-order valence-electron chi connectivity index (χ2n) is 21.4. The fraction of sp³-hybridized carbons (Fsp3) is 0.455. The lowest BCUT2D eigenvalue weighted by molar-refractivity contribution is -0.146. The summed E-state index contributed by atoms with van der Waals surface area (Å²) in [5.41, 5.74) is 8.50. The summed E-state index contributed by atoms with van der Waals surface area (Å²) in [6.45, 7) is -0.0453.